The molecule has 0 aliphatic carbocycles. The van der Waals surface area contributed by atoms with E-state index in [1.54, 1.807) is 11.3 Å². The van der Waals surface area contributed by atoms with Crippen LogP contribution in [0, 0.1) is 5.41 Å². The van der Waals surface area contributed by atoms with Crippen molar-refractivity contribution in [2.24, 2.45) is 5.41 Å². The highest BCUT2D eigenvalue weighted by atomic mass is 32.1. The van der Waals surface area contributed by atoms with Crippen molar-refractivity contribution < 1.29 is 9.32 Å². The van der Waals surface area contributed by atoms with Gasteiger partial charge in [0.1, 0.15) is 0 Å². The van der Waals surface area contributed by atoms with Gasteiger partial charge in [-0.2, -0.15) is 4.98 Å². The van der Waals surface area contributed by atoms with E-state index in [9.17, 15) is 4.79 Å². The van der Waals surface area contributed by atoms with Crippen LogP contribution in [0.4, 0.5) is 5.69 Å². The Morgan fingerprint density at radius 3 is 2.71 bits per heavy atom. The lowest BCUT2D eigenvalue weighted by Gasteiger charge is -2.19. The van der Waals surface area contributed by atoms with Crippen molar-refractivity contribution in [3.63, 3.8) is 0 Å². The summed E-state index contributed by atoms with van der Waals surface area (Å²) in [5.41, 5.74) is 1.26. The third-order valence-electron chi connectivity index (χ3n) is 3.50. The monoisotopic (exact) mass is 341 g/mol. The van der Waals surface area contributed by atoms with Gasteiger partial charge in [-0.1, -0.05) is 50.2 Å². The van der Waals surface area contributed by atoms with Gasteiger partial charge in [0.25, 0.3) is 0 Å². The molecule has 0 aliphatic heterocycles. The number of rotatable bonds is 4. The third kappa shape index (κ3) is 3.71. The summed E-state index contributed by atoms with van der Waals surface area (Å²) in [5.74, 6) is 1.09. The molecule has 0 bridgehead atoms. The maximum Gasteiger partial charge on any atom is 0.231 e. The number of carbonyl (C=O) groups excluding carboxylic acids is 1. The predicted octanol–water partition coefficient (Wildman–Crippen LogP) is 4.37. The van der Waals surface area contributed by atoms with E-state index in [1.807, 2.05) is 62.5 Å². The molecule has 2 heterocycles. The fraction of sp³-hybridized carbons (Fsp3) is 0.278. The number of amides is 1. The summed E-state index contributed by atoms with van der Waals surface area (Å²) in [4.78, 5) is 17.6. The first kappa shape index (κ1) is 16.4. The van der Waals surface area contributed by atoms with E-state index in [4.69, 9.17) is 4.52 Å². The molecule has 1 N–H and O–H groups in total. The smallest absolute Gasteiger partial charge is 0.231 e. The van der Waals surface area contributed by atoms with Gasteiger partial charge in [0.2, 0.25) is 17.6 Å². The summed E-state index contributed by atoms with van der Waals surface area (Å²) in [6.45, 7) is 5.66. The van der Waals surface area contributed by atoms with Crippen molar-refractivity contribution in [1.29, 1.82) is 0 Å². The lowest BCUT2D eigenvalue weighted by molar-refractivity contribution is -0.123. The molecule has 0 spiro atoms. The molecular formula is C18H19N3O2S. The maximum atomic E-state index is 12.2. The Bertz CT molecular complexity index is 832. The fourth-order valence-corrected chi connectivity index (χ4v) is 2.75. The average Bonchev–Trinajstić information content (AvgIpc) is 3.19. The highest BCUT2D eigenvalue weighted by Gasteiger charge is 2.22. The number of carbonyl (C=O) groups is 1. The number of aromatic nitrogens is 2. The quantitative estimate of drug-likeness (QED) is 0.765. The maximum absolute atomic E-state index is 12.2. The molecule has 3 aromatic rings. The minimum atomic E-state index is -0.454. The molecule has 0 radical (unpaired) electrons. The van der Waals surface area contributed by atoms with Gasteiger partial charge in [0.05, 0.1) is 11.3 Å². The molecule has 1 aromatic carbocycles. The van der Waals surface area contributed by atoms with Gasteiger partial charge in [-0.15, -0.1) is 11.3 Å². The van der Waals surface area contributed by atoms with Gasteiger partial charge in [-0.05, 0) is 23.1 Å². The Morgan fingerprint density at radius 1 is 1.21 bits per heavy atom. The Hall–Kier alpha value is -2.47. The van der Waals surface area contributed by atoms with Crippen LogP contribution in [-0.4, -0.2) is 16.0 Å². The first-order valence-electron chi connectivity index (χ1n) is 7.69. The Balaban J connectivity index is 1.80. The van der Waals surface area contributed by atoms with Crippen LogP contribution in [0.3, 0.4) is 0 Å². The first-order chi connectivity index (χ1) is 11.4. The van der Waals surface area contributed by atoms with E-state index >= 15 is 0 Å². The van der Waals surface area contributed by atoms with E-state index in [-0.39, 0.29) is 5.91 Å². The lowest BCUT2D eigenvalue weighted by Crippen LogP contribution is -2.28. The zero-order valence-electron chi connectivity index (χ0n) is 13.9. The van der Waals surface area contributed by atoms with Crippen LogP contribution >= 0.6 is 11.3 Å². The van der Waals surface area contributed by atoms with E-state index < -0.39 is 5.41 Å². The molecule has 0 aliphatic rings. The number of anilines is 1. The Labute approximate surface area is 144 Å². The average molecular weight is 341 g/mol. The first-order valence-corrected chi connectivity index (χ1v) is 8.57. The number of hydrogen-bond donors (Lipinski definition) is 1. The number of benzene rings is 1. The molecule has 0 unspecified atom stereocenters. The van der Waals surface area contributed by atoms with Gasteiger partial charge < -0.3 is 9.84 Å². The predicted molar refractivity (Wildman–Crippen MR) is 94.9 cm³/mol. The van der Waals surface area contributed by atoms with Crippen molar-refractivity contribution in [3.05, 3.63) is 53.2 Å². The van der Waals surface area contributed by atoms with Crippen molar-refractivity contribution in [2.45, 2.75) is 27.2 Å². The number of thiophene rings is 1. The number of hydrogen-bond acceptors (Lipinski definition) is 5. The van der Waals surface area contributed by atoms with Gasteiger partial charge >= 0.3 is 0 Å². The van der Waals surface area contributed by atoms with Gasteiger partial charge in [-0.3, -0.25) is 4.79 Å². The van der Waals surface area contributed by atoms with E-state index in [0.29, 0.717) is 18.1 Å². The van der Waals surface area contributed by atoms with Crippen LogP contribution in [0.5, 0.6) is 0 Å². The van der Waals surface area contributed by atoms with Crippen LogP contribution in [-0.2, 0) is 11.2 Å². The molecule has 0 saturated carbocycles. The van der Waals surface area contributed by atoms with E-state index in [1.165, 1.54) is 0 Å². The van der Waals surface area contributed by atoms with E-state index in [0.717, 1.165) is 16.1 Å². The van der Waals surface area contributed by atoms with Crippen LogP contribution in [0.2, 0.25) is 0 Å². The second-order valence-corrected chi connectivity index (χ2v) is 7.47. The van der Waals surface area contributed by atoms with Crippen LogP contribution in [0.15, 0.2) is 46.3 Å². The molecule has 0 fully saturated rings. The minimum absolute atomic E-state index is 0.0280. The topological polar surface area (TPSA) is 68.0 Å². The Kier molecular flexibility index (Phi) is 4.49. The molecule has 3 rings (SSSR count). The molecule has 124 valence electrons. The molecule has 24 heavy (non-hydrogen) atoms. The van der Waals surface area contributed by atoms with Crippen molar-refractivity contribution in [3.8, 4) is 10.7 Å². The highest BCUT2D eigenvalue weighted by molar-refractivity contribution is 7.13. The SMILES string of the molecule is CC(C)(C)C(=O)Nc1ccccc1Cc1nc(-c2cccs2)no1. The molecule has 2 aromatic heterocycles. The zero-order chi connectivity index (χ0) is 17.2. The molecule has 1 amide bonds. The normalized spacial score (nSPS) is 11.5. The summed E-state index contributed by atoms with van der Waals surface area (Å²) < 4.78 is 5.35. The summed E-state index contributed by atoms with van der Waals surface area (Å²) in [6.07, 6.45) is 0.471. The number of nitrogens with one attached hydrogen (secondary N) is 1. The molecule has 5 nitrogen and oxygen atoms in total. The number of nitrogens with zero attached hydrogens (tertiary/aromatic N) is 2. The Morgan fingerprint density at radius 2 is 2.00 bits per heavy atom. The summed E-state index contributed by atoms with van der Waals surface area (Å²) in [5, 5.41) is 8.97. The summed E-state index contributed by atoms with van der Waals surface area (Å²) in [7, 11) is 0. The molecule has 0 atom stereocenters. The third-order valence-corrected chi connectivity index (χ3v) is 4.36. The van der Waals surface area contributed by atoms with Crippen molar-refractivity contribution >= 4 is 22.9 Å². The van der Waals surface area contributed by atoms with Gasteiger partial charge in [-0.25, -0.2) is 0 Å². The van der Waals surface area contributed by atoms with Crippen molar-refractivity contribution in [2.75, 3.05) is 5.32 Å². The lowest BCUT2D eigenvalue weighted by atomic mass is 9.95. The van der Waals surface area contributed by atoms with Gasteiger partial charge in [0, 0.05) is 11.1 Å². The summed E-state index contributed by atoms with van der Waals surface area (Å²) in [6, 6.07) is 11.6. The van der Waals surface area contributed by atoms with Crippen molar-refractivity contribution in [1.82, 2.24) is 10.1 Å². The number of para-hydroxylation sites is 1. The molecule has 6 heteroatoms. The second-order valence-electron chi connectivity index (χ2n) is 6.53. The summed E-state index contributed by atoms with van der Waals surface area (Å²) >= 11 is 1.57. The second kappa shape index (κ2) is 6.57. The van der Waals surface area contributed by atoms with Crippen LogP contribution in [0.25, 0.3) is 10.7 Å². The molecule has 0 saturated heterocycles. The van der Waals surface area contributed by atoms with Gasteiger partial charge in [0.15, 0.2) is 0 Å². The van der Waals surface area contributed by atoms with E-state index in [2.05, 4.69) is 15.5 Å². The molecular weight excluding hydrogens is 322 g/mol. The van der Waals surface area contributed by atoms with Crippen LogP contribution < -0.4 is 5.32 Å². The largest absolute Gasteiger partial charge is 0.339 e. The fourth-order valence-electron chi connectivity index (χ4n) is 2.10. The minimum Gasteiger partial charge on any atom is -0.339 e. The van der Waals surface area contributed by atoms with Crippen LogP contribution in [0.1, 0.15) is 32.2 Å². The highest BCUT2D eigenvalue weighted by Crippen LogP contribution is 2.25. The standard InChI is InChI=1S/C18H19N3O2S/c1-18(2,3)17(22)19-13-8-5-4-7-12(13)11-15-20-16(21-23-15)14-9-6-10-24-14/h4-10H,11H2,1-3H3,(H,19,22). The zero-order valence-corrected chi connectivity index (χ0v) is 14.7.